The maximum Gasteiger partial charge on any atom is 1.00 e. The Morgan fingerprint density at radius 2 is 2.17 bits per heavy atom. The summed E-state index contributed by atoms with van der Waals surface area (Å²) < 4.78 is 21.2. The maximum atomic E-state index is 10.6. The predicted octanol–water partition coefficient (Wildman–Crippen LogP) is -1.39. The summed E-state index contributed by atoms with van der Waals surface area (Å²) in [6.07, 6.45) is 5.62. The molecule has 0 amide bonds. The van der Waals surface area contributed by atoms with E-state index in [-0.39, 0.29) is 34.8 Å². The number of rotatable bonds is 2. The predicted molar refractivity (Wildman–Crippen MR) is 44.9 cm³/mol. The second-order valence-electron chi connectivity index (χ2n) is 3.04. The summed E-state index contributed by atoms with van der Waals surface area (Å²) >= 11 is -1.87. The molecule has 1 fully saturated rings. The molecule has 64 valence electrons. The molecule has 0 aromatic heterocycles. The molecule has 3 unspecified atom stereocenters. The van der Waals surface area contributed by atoms with Gasteiger partial charge in [-0.3, -0.25) is 4.21 Å². The first-order valence-corrected chi connectivity index (χ1v) is 5.08. The van der Waals surface area contributed by atoms with Gasteiger partial charge in [0.1, 0.15) is 0 Å². The average molecular weight is 196 g/mol. The SMILES string of the molecule is C=CC1CCCC(S(=O)[O-])C1.[Na+]. The average Bonchev–Trinajstić information content (AvgIpc) is 2.05. The topological polar surface area (TPSA) is 40.1 Å². The Hall–Kier alpha value is 0.850. The minimum Gasteiger partial charge on any atom is -0.772 e. The normalized spacial score (nSPS) is 31.8. The Morgan fingerprint density at radius 3 is 2.67 bits per heavy atom. The van der Waals surface area contributed by atoms with Crippen LogP contribution in [0, 0.1) is 5.92 Å². The van der Waals surface area contributed by atoms with Crippen molar-refractivity contribution in [2.75, 3.05) is 0 Å². The van der Waals surface area contributed by atoms with E-state index in [2.05, 4.69) is 6.58 Å². The summed E-state index contributed by atoms with van der Waals surface area (Å²) in [5.41, 5.74) is 0. The fraction of sp³-hybridized carbons (Fsp3) is 0.750. The molecule has 0 radical (unpaired) electrons. The molecule has 0 spiro atoms. The molecular formula is C8H13NaO2S. The van der Waals surface area contributed by atoms with Crippen molar-refractivity contribution < 1.29 is 38.3 Å². The van der Waals surface area contributed by atoms with Crippen molar-refractivity contribution in [2.24, 2.45) is 5.92 Å². The zero-order chi connectivity index (χ0) is 8.27. The molecule has 0 aromatic rings. The molecule has 0 N–H and O–H groups in total. The Morgan fingerprint density at radius 1 is 1.50 bits per heavy atom. The molecule has 0 heterocycles. The second kappa shape index (κ2) is 6.33. The molecule has 12 heavy (non-hydrogen) atoms. The van der Waals surface area contributed by atoms with Crippen LogP contribution in [0.3, 0.4) is 0 Å². The third-order valence-electron chi connectivity index (χ3n) is 2.27. The van der Waals surface area contributed by atoms with Gasteiger partial charge in [-0.1, -0.05) is 23.6 Å². The number of hydrogen-bond acceptors (Lipinski definition) is 2. The van der Waals surface area contributed by atoms with E-state index in [4.69, 9.17) is 0 Å². The van der Waals surface area contributed by atoms with Crippen LogP contribution < -0.4 is 29.6 Å². The Bertz CT molecular complexity index is 172. The monoisotopic (exact) mass is 196 g/mol. The standard InChI is InChI=1S/C8H14O2S.Na/c1-2-7-4-3-5-8(6-7)11(9)10;/h2,7-8H,1,3-6H2,(H,9,10);/q;+1/p-1. The van der Waals surface area contributed by atoms with Crippen molar-refractivity contribution in [3.05, 3.63) is 12.7 Å². The van der Waals surface area contributed by atoms with Gasteiger partial charge in [-0.15, -0.1) is 6.58 Å². The van der Waals surface area contributed by atoms with Crippen molar-refractivity contribution in [1.29, 1.82) is 0 Å². The van der Waals surface area contributed by atoms with Crippen LogP contribution in [0.25, 0.3) is 0 Å². The summed E-state index contributed by atoms with van der Waals surface area (Å²) in [6, 6.07) is 0. The van der Waals surface area contributed by atoms with Gasteiger partial charge in [0.15, 0.2) is 0 Å². The molecule has 1 rings (SSSR count). The van der Waals surface area contributed by atoms with Gasteiger partial charge >= 0.3 is 29.6 Å². The third-order valence-corrected chi connectivity index (χ3v) is 3.24. The van der Waals surface area contributed by atoms with E-state index in [1.165, 1.54) is 0 Å². The molecule has 4 heteroatoms. The second-order valence-corrected chi connectivity index (χ2v) is 4.23. The van der Waals surface area contributed by atoms with E-state index in [9.17, 15) is 8.76 Å². The summed E-state index contributed by atoms with van der Waals surface area (Å²) in [6.45, 7) is 3.68. The Kier molecular flexibility index (Phi) is 6.77. The van der Waals surface area contributed by atoms with Gasteiger partial charge in [-0.05, 0) is 25.2 Å². The largest absolute Gasteiger partial charge is 1.00 e. The first-order chi connectivity index (χ1) is 5.24. The molecule has 0 aliphatic heterocycles. The van der Waals surface area contributed by atoms with Gasteiger partial charge in [0.25, 0.3) is 0 Å². The smallest absolute Gasteiger partial charge is 0.772 e. The van der Waals surface area contributed by atoms with E-state index in [0.717, 1.165) is 25.7 Å². The van der Waals surface area contributed by atoms with E-state index < -0.39 is 11.1 Å². The third kappa shape index (κ3) is 3.71. The van der Waals surface area contributed by atoms with Crippen LogP contribution in [-0.4, -0.2) is 14.0 Å². The molecule has 3 atom stereocenters. The Balaban J connectivity index is 0.00000121. The van der Waals surface area contributed by atoms with Crippen LogP contribution in [-0.2, 0) is 11.1 Å². The van der Waals surface area contributed by atoms with Crippen LogP contribution in [0.1, 0.15) is 25.7 Å². The minimum absolute atomic E-state index is 0. The van der Waals surface area contributed by atoms with E-state index in [1.807, 2.05) is 6.08 Å². The van der Waals surface area contributed by atoms with Gasteiger partial charge in [-0.2, -0.15) is 0 Å². The molecular weight excluding hydrogens is 183 g/mol. The molecule has 0 bridgehead atoms. The fourth-order valence-electron chi connectivity index (χ4n) is 1.57. The van der Waals surface area contributed by atoms with Crippen molar-refractivity contribution in [2.45, 2.75) is 30.9 Å². The summed E-state index contributed by atoms with van der Waals surface area (Å²) in [5, 5.41) is -0.119. The van der Waals surface area contributed by atoms with Crippen LogP contribution in [0.15, 0.2) is 12.7 Å². The van der Waals surface area contributed by atoms with Crippen molar-refractivity contribution in [1.82, 2.24) is 0 Å². The van der Waals surface area contributed by atoms with Crippen molar-refractivity contribution >= 4 is 11.1 Å². The van der Waals surface area contributed by atoms with E-state index in [0.29, 0.717) is 5.92 Å². The van der Waals surface area contributed by atoms with Crippen LogP contribution in [0.4, 0.5) is 0 Å². The molecule has 1 aliphatic carbocycles. The summed E-state index contributed by atoms with van der Waals surface area (Å²) in [7, 11) is 0. The first kappa shape index (κ1) is 12.8. The fourth-order valence-corrected chi connectivity index (χ4v) is 2.33. The minimum atomic E-state index is -1.87. The van der Waals surface area contributed by atoms with Gasteiger partial charge in [0, 0.05) is 5.25 Å². The first-order valence-electron chi connectivity index (χ1n) is 3.94. The van der Waals surface area contributed by atoms with Crippen LogP contribution in [0.5, 0.6) is 0 Å². The van der Waals surface area contributed by atoms with Gasteiger partial charge in [0.05, 0.1) is 0 Å². The summed E-state index contributed by atoms with van der Waals surface area (Å²) in [5.74, 6) is 0.423. The van der Waals surface area contributed by atoms with Gasteiger partial charge < -0.3 is 4.55 Å². The summed E-state index contributed by atoms with van der Waals surface area (Å²) in [4.78, 5) is 0. The van der Waals surface area contributed by atoms with Crippen LogP contribution in [0.2, 0.25) is 0 Å². The van der Waals surface area contributed by atoms with E-state index in [1.54, 1.807) is 0 Å². The van der Waals surface area contributed by atoms with Gasteiger partial charge in [-0.25, -0.2) is 0 Å². The Labute approximate surface area is 98.4 Å². The molecule has 0 aromatic carbocycles. The molecule has 0 saturated heterocycles. The number of allylic oxidation sites excluding steroid dienone is 1. The maximum absolute atomic E-state index is 10.6. The van der Waals surface area contributed by atoms with E-state index >= 15 is 0 Å². The van der Waals surface area contributed by atoms with Crippen molar-refractivity contribution in [3.63, 3.8) is 0 Å². The quantitative estimate of drug-likeness (QED) is 0.310. The van der Waals surface area contributed by atoms with Gasteiger partial charge in [0.2, 0.25) is 0 Å². The zero-order valence-corrected chi connectivity index (χ0v) is 10.3. The zero-order valence-electron chi connectivity index (χ0n) is 7.49. The van der Waals surface area contributed by atoms with Crippen LogP contribution >= 0.6 is 0 Å². The molecule has 2 nitrogen and oxygen atoms in total. The number of hydrogen-bond donors (Lipinski definition) is 0. The molecule has 1 aliphatic rings. The molecule has 1 saturated carbocycles. The van der Waals surface area contributed by atoms with Crippen molar-refractivity contribution in [3.8, 4) is 0 Å².